The third kappa shape index (κ3) is 5.09. The fourth-order valence-electron chi connectivity index (χ4n) is 0.490. The summed E-state index contributed by atoms with van der Waals surface area (Å²) in [5.41, 5.74) is 0.937. The van der Waals surface area contributed by atoms with E-state index in [2.05, 4.69) is 12.1 Å². The van der Waals surface area contributed by atoms with E-state index in [9.17, 15) is 0 Å². The van der Waals surface area contributed by atoms with E-state index in [-0.39, 0.29) is 0 Å². The Labute approximate surface area is 61.6 Å². The summed E-state index contributed by atoms with van der Waals surface area (Å²) in [6.45, 7) is 3.94. The van der Waals surface area contributed by atoms with E-state index in [1.807, 2.05) is 25.2 Å². The van der Waals surface area contributed by atoms with Crippen LogP contribution in [0.15, 0.2) is 29.0 Å². The zero-order chi connectivity index (χ0) is 7.82. The smallest absolute Gasteiger partial charge is 0.0690 e. The molecule has 0 aromatic heterocycles. The minimum absolute atomic E-state index is 0.937. The second kappa shape index (κ2) is 6.08. The standard InChI is InChI=1S/C8H13NO/c1-3-4-5-6-8(2)7-9-10/h4-7,10H,3H2,1-2H3/b5-4+,8-6-,9-7+. The van der Waals surface area contributed by atoms with Gasteiger partial charge in [0.15, 0.2) is 0 Å². The molecule has 56 valence electrons. The van der Waals surface area contributed by atoms with Gasteiger partial charge in [-0.25, -0.2) is 0 Å². The molecule has 0 aliphatic heterocycles. The van der Waals surface area contributed by atoms with Crippen molar-refractivity contribution in [2.24, 2.45) is 5.16 Å². The molecule has 1 N–H and O–H groups in total. The van der Waals surface area contributed by atoms with Gasteiger partial charge in [-0.2, -0.15) is 0 Å². The van der Waals surface area contributed by atoms with E-state index in [1.165, 1.54) is 6.21 Å². The molecule has 2 nitrogen and oxygen atoms in total. The number of allylic oxidation sites excluding steroid dienone is 4. The first-order valence-electron chi connectivity index (χ1n) is 3.32. The van der Waals surface area contributed by atoms with Gasteiger partial charge in [-0.1, -0.05) is 30.3 Å². The fourth-order valence-corrected chi connectivity index (χ4v) is 0.490. The van der Waals surface area contributed by atoms with Gasteiger partial charge in [0.05, 0.1) is 6.21 Å². The highest BCUT2D eigenvalue weighted by Gasteiger charge is 1.76. The highest BCUT2D eigenvalue weighted by atomic mass is 16.4. The van der Waals surface area contributed by atoms with Crippen molar-refractivity contribution in [1.82, 2.24) is 0 Å². The Morgan fingerprint density at radius 2 is 2.30 bits per heavy atom. The van der Waals surface area contributed by atoms with Gasteiger partial charge >= 0.3 is 0 Å². The van der Waals surface area contributed by atoms with Gasteiger partial charge in [0.1, 0.15) is 0 Å². The molecule has 0 aromatic carbocycles. The SMILES string of the molecule is CC/C=C/C=C(C)\C=N\O. The molecule has 0 saturated carbocycles. The molecule has 2 heteroatoms. The zero-order valence-electron chi connectivity index (χ0n) is 6.41. The van der Waals surface area contributed by atoms with Crippen LogP contribution >= 0.6 is 0 Å². The van der Waals surface area contributed by atoms with Crippen LogP contribution < -0.4 is 0 Å². The Bertz CT molecular complexity index is 157. The van der Waals surface area contributed by atoms with E-state index in [4.69, 9.17) is 5.21 Å². The van der Waals surface area contributed by atoms with Gasteiger partial charge in [0, 0.05) is 0 Å². The molecule has 0 heterocycles. The van der Waals surface area contributed by atoms with Crippen LogP contribution in [0.4, 0.5) is 0 Å². The number of rotatable bonds is 3. The lowest BCUT2D eigenvalue weighted by molar-refractivity contribution is 0.321. The Kier molecular flexibility index (Phi) is 5.44. The van der Waals surface area contributed by atoms with Crippen molar-refractivity contribution in [3.8, 4) is 0 Å². The molecule has 10 heavy (non-hydrogen) atoms. The molecule has 0 amide bonds. The van der Waals surface area contributed by atoms with E-state index in [0.717, 1.165) is 12.0 Å². The van der Waals surface area contributed by atoms with Crippen LogP contribution in [0.3, 0.4) is 0 Å². The summed E-state index contributed by atoms with van der Waals surface area (Å²) in [5.74, 6) is 0. The second-order valence-corrected chi connectivity index (χ2v) is 1.99. The first kappa shape index (κ1) is 8.95. The van der Waals surface area contributed by atoms with Crippen LogP contribution in [0, 0.1) is 0 Å². The van der Waals surface area contributed by atoms with Gasteiger partial charge in [-0.05, 0) is 18.9 Å². The Balaban J connectivity index is 3.79. The molecular weight excluding hydrogens is 126 g/mol. The van der Waals surface area contributed by atoms with Crippen LogP contribution in [-0.4, -0.2) is 11.4 Å². The van der Waals surface area contributed by atoms with Crippen molar-refractivity contribution >= 4 is 6.21 Å². The summed E-state index contributed by atoms with van der Waals surface area (Å²) in [7, 11) is 0. The van der Waals surface area contributed by atoms with Crippen molar-refractivity contribution in [2.45, 2.75) is 20.3 Å². The second-order valence-electron chi connectivity index (χ2n) is 1.99. The van der Waals surface area contributed by atoms with Gasteiger partial charge in [-0.15, -0.1) is 0 Å². The lowest BCUT2D eigenvalue weighted by Crippen LogP contribution is -1.74. The highest BCUT2D eigenvalue weighted by molar-refractivity contribution is 5.77. The molecule has 0 radical (unpaired) electrons. The van der Waals surface area contributed by atoms with Crippen molar-refractivity contribution in [1.29, 1.82) is 0 Å². The Morgan fingerprint density at radius 3 is 2.80 bits per heavy atom. The van der Waals surface area contributed by atoms with Crippen LogP contribution in [0.1, 0.15) is 20.3 Å². The zero-order valence-corrected chi connectivity index (χ0v) is 6.41. The van der Waals surface area contributed by atoms with E-state index < -0.39 is 0 Å². The molecule has 0 spiro atoms. The summed E-state index contributed by atoms with van der Waals surface area (Å²) in [5, 5.41) is 11.0. The third-order valence-electron chi connectivity index (χ3n) is 0.992. The average molecular weight is 139 g/mol. The molecule has 0 bridgehead atoms. The molecule has 0 aromatic rings. The lowest BCUT2D eigenvalue weighted by atomic mass is 10.3. The quantitative estimate of drug-likeness (QED) is 0.277. The van der Waals surface area contributed by atoms with Crippen LogP contribution in [0.25, 0.3) is 0 Å². The summed E-state index contributed by atoms with van der Waals surface area (Å²) in [4.78, 5) is 0. The average Bonchev–Trinajstić information content (AvgIpc) is 1.89. The topological polar surface area (TPSA) is 32.6 Å². The largest absolute Gasteiger partial charge is 0.411 e. The van der Waals surface area contributed by atoms with Gasteiger partial charge < -0.3 is 5.21 Å². The summed E-state index contributed by atoms with van der Waals surface area (Å²) >= 11 is 0. The van der Waals surface area contributed by atoms with Crippen LogP contribution in [0.2, 0.25) is 0 Å². The van der Waals surface area contributed by atoms with E-state index in [0.29, 0.717) is 0 Å². The van der Waals surface area contributed by atoms with E-state index >= 15 is 0 Å². The molecule has 0 rings (SSSR count). The highest BCUT2D eigenvalue weighted by Crippen LogP contribution is 1.89. The van der Waals surface area contributed by atoms with Crippen molar-refractivity contribution in [3.05, 3.63) is 23.8 Å². The summed E-state index contributed by atoms with van der Waals surface area (Å²) < 4.78 is 0. The van der Waals surface area contributed by atoms with Crippen molar-refractivity contribution in [3.63, 3.8) is 0 Å². The van der Waals surface area contributed by atoms with Gasteiger partial charge in [-0.3, -0.25) is 0 Å². The van der Waals surface area contributed by atoms with Gasteiger partial charge in [0.25, 0.3) is 0 Å². The molecule has 0 unspecified atom stereocenters. The third-order valence-corrected chi connectivity index (χ3v) is 0.992. The maximum absolute atomic E-state index is 8.10. The minimum atomic E-state index is 0.937. The van der Waals surface area contributed by atoms with Crippen molar-refractivity contribution in [2.75, 3.05) is 0 Å². The maximum Gasteiger partial charge on any atom is 0.0690 e. The first-order chi connectivity index (χ1) is 4.81. The lowest BCUT2D eigenvalue weighted by Gasteiger charge is -1.83. The minimum Gasteiger partial charge on any atom is -0.411 e. The monoisotopic (exact) mass is 139 g/mol. The molecule has 0 fully saturated rings. The molecular formula is C8H13NO. The molecule has 0 atom stereocenters. The number of hydrogen-bond acceptors (Lipinski definition) is 2. The molecule has 0 aliphatic carbocycles. The van der Waals surface area contributed by atoms with Gasteiger partial charge in [0.2, 0.25) is 0 Å². The van der Waals surface area contributed by atoms with E-state index in [1.54, 1.807) is 0 Å². The van der Waals surface area contributed by atoms with Crippen LogP contribution in [0.5, 0.6) is 0 Å². The maximum atomic E-state index is 8.10. The summed E-state index contributed by atoms with van der Waals surface area (Å²) in [6, 6.07) is 0. The molecule has 0 saturated heterocycles. The number of oxime groups is 1. The number of hydrogen-bond donors (Lipinski definition) is 1. The Hall–Kier alpha value is -1.05. The van der Waals surface area contributed by atoms with Crippen molar-refractivity contribution < 1.29 is 5.21 Å². The summed E-state index contributed by atoms with van der Waals surface area (Å²) in [6.07, 6.45) is 8.30. The predicted octanol–water partition coefficient (Wildman–Crippen LogP) is 2.36. The first-order valence-corrected chi connectivity index (χ1v) is 3.32. The van der Waals surface area contributed by atoms with Crippen LogP contribution in [-0.2, 0) is 0 Å². The molecule has 0 aliphatic rings. The Morgan fingerprint density at radius 1 is 1.60 bits per heavy atom. The normalized spacial score (nSPS) is 13.6. The fraction of sp³-hybridized carbons (Fsp3) is 0.375. The number of nitrogens with zero attached hydrogens (tertiary/aromatic N) is 1. The predicted molar refractivity (Wildman–Crippen MR) is 43.5 cm³/mol.